The van der Waals surface area contributed by atoms with E-state index in [0.29, 0.717) is 23.4 Å². The monoisotopic (exact) mass is 651 g/mol. The van der Waals surface area contributed by atoms with E-state index < -0.39 is 12.1 Å². The molecular weight excluding hydrogens is 598 g/mol. The van der Waals surface area contributed by atoms with Gasteiger partial charge in [-0.2, -0.15) is 0 Å². The zero-order chi connectivity index (χ0) is 32.9. The molecule has 2 aliphatic rings. The summed E-state index contributed by atoms with van der Waals surface area (Å²) in [6.45, 7) is 11.2. The van der Waals surface area contributed by atoms with Gasteiger partial charge >= 0.3 is 0 Å². The minimum absolute atomic E-state index is 0.0268. The van der Waals surface area contributed by atoms with Crippen LogP contribution in [0, 0.1) is 5.92 Å². The second kappa shape index (κ2) is 18.4. The number of carbonyl (C=O) groups excluding carboxylic acids is 3. The smallest absolute Gasteiger partial charge is 0.251 e. The van der Waals surface area contributed by atoms with E-state index in [4.69, 9.17) is 11.6 Å². The molecule has 2 aromatic rings. The number of amides is 3. The fourth-order valence-electron chi connectivity index (χ4n) is 6.73. The van der Waals surface area contributed by atoms with Crippen LogP contribution in [0.4, 0.5) is 0 Å². The number of likely N-dealkylation sites (tertiary alicyclic amines) is 1. The molecule has 1 saturated carbocycles. The van der Waals surface area contributed by atoms with E-state index in [0.717, 1.165) is 62.9 Å². The third kappa shape index (κ3) is 11.1. The van der Waals surface area contributed by atoms with Crippen molar-refractivity contribution in [2.24, 2.45) is 5.92 Å². The Morgan fingerprint density at radius 3 is 2.35 bits per heavy atom. The van der Waals surface area contributed by atoms with E-state index in [2.05, 4.69) is 32.2 Å². The van der Waals surface area contributed by atoms with Gasteiger partial charge in [-0.15, -0.1) is 0 Å². The van der Waals surface area contributed by atoms with Gasteiger partial charge in [0.2, 0.25) is 11.8 Å². The molecule has 0 aromatic heterocycles. The summed E-state index contributed by atoms with van der Waals surface area (Å²) >= 11 is 6.28. The Bertz CT molecular complexity index is 1260. The van der Waals surface area contributed by atoms with Gasteiger partial charge in [0.15, 0.2) is 0 Å². The molecule has 4 rings (SSSR count). The summed E-state index contributed by atoms with van der Waals surface area (Å²) in [5.74, 6) is -0.456. The Kier molecular flexibility index (Phi) is 14.4. The standard InChI is InChI=1S/C37H54ClN5O3/c1-4-32(40-35(44)28-17-15-27(16-18-28)25-39-19-10-22-43-20-7-8-21-43)36(45)42-34(23-26(2)3)37(46)41-33-14-6-5-13-31(33)29-11-9-12-30(38)24-29/h9,11-12,15-18,24,26,31-34,39H,4-8,10,13-14,19-23,25H2,1-3H3,(H,40,44)(H,41,46)(H,42,45)/t31-,32-,33+,34-/m0/s1. The number of nitrogens with one attached hydrogen (secondary N) is 4. The SMILES string of the molecule is CC[C@H](NC(=O)c1ccc(CNCCCN2CCCC2)cc1)C(=O)N[C@@H](CC(C)C)C(=O)N[C@@H]1CCCC[C@H]1c1cccc(Cl)c1. The van der Waals surface area contributed by atoms with Gasteiger partial charge in [0.1, 0.15) is 12.1 Å². The van der Waals surface area contributed by atoms with Crippen molar-refractivity contribution in [2.75, 3.05) is 26.2 Å². The third-order valence-corrected chi connectivity index (χ3v) is 9.55. The highest BCUT2D eigenvalue weighted by atomic mass is 35.5. The Morgan fingerprint density at radius 1 is 0.913 bits per heavy atom. The predicted octanol–water partition coefficient (Wildman–Crippen LogP) is 5.80. The second-order valence-corrected chi connectivity index (χ2v) is 13.9. The third-order valence-electron chi connectivity index (χ3n) is 9.31. The van der Waals surface area contributed by atoms with E-state index in [1.165, 1.54) is 25.9 Å². The van der Waals surface area contributed by atoms with Crippen LogP contribution < -0.4 is 21.3 Å². The van der Waals surface area contributed by atoms with E-state index >= 15 is 0 Å². The van der Waals surface area contributed by atoms with Crippen LogP contribution in [0.2, 0.25) is 5.02 Å². The van der Waals surface area contributed by atoms with Gasteiger partial charge in [-0.3, -0.25) is 14.4 Å². The van der Waals surface area contributed by atoms with E-state index in [-0.39, 0.29) is 35.6 Å². The Hall–Kier alpha value is -2.94. The van der Waals surface area contributed by atoms with Crippen molar-refractivity contribution in [1.29, 1.82) is 0 Å². The number of rotatable bonds is 16. The fraction of sp³-hybridized carbons (Fsp3) is 0.595. The molecule has 1 saturated heterocycles. The molecule has 2 fully saturated rings. The van der Waals surface area contributed by atoms with Crippen molar-refractivity contribution in [3.63, 3.8) is 0 Å². The zero-order valence-corrected chi connectivity index (χ0v) is 28.7. The first-order chi connectivity index (χ1) is 22.2. The maximum Gasteiger partial charge on any atom is 0.251 e. The topological polar surface area (TPSA) is 103 Å². The van der Waals surface area contributed by atoms with Gasteiger partial charge < -0.3 is 26.2 Å². The minimum Gasteiger partial charge on any atom is -0.351 e. The molecule has 8 nitrogen and oxygen atoms in total. The van der Waals surface area contributed by atoms with Crippen molar-refractivity contribution in [3.8, 4) is 0 Å². The molecule has 4 atom stereocenters. The maximum atomic E-state index is 13.6. The second-order valence-electron chi connectivity index (χ2n) is 13.5. The highest BCUT2D eigenvalue weighted by Gasteiger charge is 2.32. The highest BCUT2D eigenvalue weighted by Crippen LogP contribution is 2.34. The maximum absolute atomic E-state index is 13.6. The molecule has 252 valence electrons. The van der Waals surface area contributed by atoms with Crippen LogP contribution >= 0.6 is 11.6 Å². The van der Waals surface area contributed by atoms with Crippen molar-refractivity contribution in [1.82, 2.24) is 26.2 Å². The lowest BCUT2D eigenvalue weighted by Crippen LogP contribution is -2.55. The molecule has 0 spiro atoms. The average molecular weight is 652 g/mol. The highest BCUT2D eigenvalue weighted by molar-refractivity contribution is 6.30. The first kappa shape index (κ1) is 35.9. The summed E-state index contributed by atoms with van der Waals surface area (Å²) in [7, 11) is 0. The lowest BCUT2D eigenvalue weighted by Gasteiger charge is -2.34. The Labute approximate surface area is 280 Å². The van der Waals surface area contributed by atoms with Gasteiger partial charge in [-0.25, -0.2) is 0 Å². The lowest BCUT2D eigenvalue weighted by molar-refractivity contribution is -0.131. The summed E-state index contributed by atoms with van der Waals surface area (Å²) in [4.78, 5) is 42.7. The summed E-state index contributed by atoms with van der Waals surface area (Å²) in [5.41, 5.74) is 2.75. The van der Waals surface area contributed by atoms with Crippen molar-refractivity contribution < 1.29 is 14.4 Å². The molecule has 1 aliphatic heterocycles. The van der Waals surface area contributed by atoms with Crippen LogP contribution in [0.15, 0.2) is 48.5 Å². The normalized spacial score (nSPS) is 19.8. The molecular formula is C37H54ClN5O3. The summed E-state index contributed by atoms with van der Waals surface area (Å²) in [6, 6.07) is 13.9. The Balaban J connectivity index is 1.29. The quantitative estimate of drug-likeness (QED) is 0.172. The minimum atomic E-state index is -0.749. The summed E-state index contributed by atoms with van der Waals surface area (Å²) in [5, 5.41) is 13.3. The predicted molar refractivity (Wildman–Crippen MR) is 186 cm³/mol. The van der Waals surface area contributed by atoms with Crippen LogP contribution in [-0.2, 0) is 16.1 Å². The summed E-state index contributed by atoms with van der Waals surface area (Å²) < 4.78 is 0. The van der Waals surface area contributed by atoms with Crippen molar-refractivity contribution in [2.45, 2.75) is 109 Å². The molecule has 0 bridgehead atoms. The van der Waals surface area contributed by atoms with Crippen LogP contribution in [0.5, 0.6) is 0 Å². The van der Waals surface area contributed by atoms with Gasteiger partial charge in [0.05, 0.1) is 0 Å². The number of halogens is 1. The summed E-state index contributed by atoms with van der Waals surface area (Å²) in [6.07, 6.45) is 8.69. The number of carbonyl (C=O) groups is 3. The van der Waals surface area contributed by atoms with Gasteiger partial charge in [-0.1, -0.05) is 69.5 Å². The van der Waals surface area contributed by atoms with Crippen LogP contribution in [0.25, 0.3) is 0 Å². The Morgan fingerprint density at radius 2 is 1.65 bits per heavy atom. The largest absolute Gasteiger partial charge is 0.351 e. The first-order valence-electron chi connectivity index (χ1n) is 17.4. The van der Waals surface area contributed by atoms with Crippen LogP contribution in [0.3, 0.4) is 0 Å². The molecule has 1 aliphatic carbocycles. The molecule has 0 radical (unpaired) electrons. The molecule has 46 heavy (non-hydrogen) atoms. The van der Waals surface area contributed by atoms with Gasteiger partial charge in [0, 0.05) is 29.1 Å². The van der Waals surface area contributed by atoms with E-state index in [9.17, 15) is 14.4 Å². The molecule has 1 heterocycles. The fourth-order valence-corrected chi connectivity index (χ4v) is 6.93. The first-order valence-corrected chi connectivity index (χ1v) is 17.8. The average Bonchev–Trinajstić information content (AvgIpc) is 3.57. The molecule has 3 amide bonds. The van der Waals surface area contributed by atoms with Crippen LogP contribution in [0.1, 0.15) is 106 Å². The van der Waals surface area contributed by atoms with Gasteiger partial charge in [0.25, 0.3) is 5.91 Å². The number of benzene rings is 2. The van der Waals surface area contributed by atoms with Crippen LogP contribution in [-0.4, -0.2) is 66.9 Å². The molecule has 2 aromatic carbocycles. The molecule has 0 unspecified atom stereocenters. The number of hydrogen-bond donors (Lipinski definition) is 4. The lowest BCUT2D eigenvalue weighted by atomic mass is 9.80. The van der Waals surface area contributed by atoms with Gasteiger partial charge in [-0.05, 0) is 112 Å². The molecule has 4 N–H and O–H groups in total. The van der Waals surface area contributed by atoms with Crippen molar-refractivity contribution in [3.05, 3.63) is 70.2 Å². The van der Waals surface area contributed by atoms with E-state index in [1.54, 1.807) is 12.1 Å². The van der Waals surface area contributed by atoms with Crippen molar-refractivity contribution >= 4 is 29.3 Å². The number of nitrogens with zero attached hydrogens (tertiary/aromatic N) is 1. The van der Waals surface area contributed by atoms with E-state index in [1.807, 2.05) is 51.1 Å². The number of hydrogen-bond acceptors (Lipinski definition) is 5. The molecule has 9 heteroatoms. The zero-order valence-electron chi connectivity index (χ0n) is 28.0.